The molecule has 2 saturated heterocycles. The minimum absolute atomic E-state index is 0.263. The van der Waals surface area contributed by atoms with Gasteiger partial charge in [0, 0.05) is 33.2 Å². The van der Waals surface area contributed by atoms with Crippen LogP contribution in [0.4, 0.5) is 17.8 Å². The van der Waals surface area contributed by atoms with Gasteiger partial charge in [0.1, 0.15) is 0 Å². The maximum absolute atomic E-state index is 5.45. The van der Waals surface area contributed by atoms with Crippen molar-refractivity contribution in [2.24, 2.45) is 5.10 Å². The fraction of sp³-hybridized carbons (Fsp3) is 0.545. The second-order valence-corrected chi connectivity index (χ2v) is 8.21. The first-order valence-electron chi connectivity index (χ1n) is 11.2. The summed E-state index contributed by atoms with van der Waals surface area (Å²) in [6, 6.07) is 5.78. The van der Waals surface area contributed by atoms with E-state index in [-0.39, 0.29) is 6.79 Å². The third kappa shape index (κ3) is 4.50. The fourth-order valence-electron chi connectivity index (χ4n) is 4.16. The molecule has 0 saturated carbocycles. The predicted octanol–water partition coefficient (Wildman–Crippen LogP) is 3.05. The smallest absolute Gasteiger partial charge is 0.252 e. The van der Waals surface area contributed by atoms with Crippen molar-refractivity contribution in [3.8, 4) is 11.5 Å². The largest absolute Gasteiger partial charge is 0.454 e. The summed E-state index contributed by atoms with van der Waals surface area (Å²) in [5.74, 6) is 3.59. The van der Waals surface area contributed by atoms with Gasteiger partial charge in [0.05, 0.1) is 6.21 Å². The van der Waals surface area contributed by atoms with Crippen LogP contribution in [0, 0.1) is 0 Å². The van der Waals surface area contributed by atoms with E-state index >= 15 is 0 Å². The Bertz CT molecular complexity index is 903. The van der Waals surface area contributed by atoms with Crippen LogP contribution in [0.3, 0.4) is 0 Å². The molecule has 0 bridgehead atoms. The van der Waals surface area contributed by atoms with Crippen LogP contribution >= 0.6 is 0 Å². The van der Waals surface area contributed by atoms with Crippen molar-refractivity contribution in [1.82, 2.24) is 15.0 Å². The topological polar surface area (TPSA) is 79.2 Å². The summed E-state index contributed by atoms with van der Waals surface area (Å²) in [5, 5.41) is 6.30. The molecule has 3 aliphatic heterocycles. The number of nitrogens with zero attached hydrogens (tertiary/aromatic N) is 7. The van der Waals surface area contributed by atoms with Crippen molar-refractivity contribution in [3.05, 3.63) is 23.8 Å². The third-order valence-electron chi connectivity index (χ3n) is 5.94. The Labute approximate surface area is 182 Å². The van der Waals surface area contributed by atoms with Crippen LogP contribution in [0.5, 0.6) is 11.5 Å². The molecule has 4 heterocycles. The molecule has 1 aromatic heterocycles. The fourth-order valence-corrected chi connectivity index (χ4v) is 4.16. The molecule has 2 aromatic rings. The first-order valence-corrected chi connectivity index (χ1v) is 11.2. The number of hydrogen-bond acceptors (Lipinski definition) is 9. The van der Waals surface area contributed by atoms with Crippen molar-refractivity contribution >= 4 is 24.1 Å². The van der Waals surface area contributed by atoms with Crippen LogP contribution in [-0.4, -0.2) is 61.2 Å². The summed E-state index contributed by atoms with van der Waals surface area (Å²) in [5.41, 5.74) is 0.928. The summed E-state index contributed by atoms with van der Waals surface area (Å²) in [4.78, 5) is 18.9. The van der Waals surface area contributed by atoms with Crippen LogP contribution in [0.2, 0.25) is 0 Å². The van der Waals surface area contributed by atoms with Gasteiger partial charge in [-0.05, 0) is 62.3 Å². The van der Waals surface area contributed by atoms with Gasteiger partial charge < -0.3 is 19.3 Å². The summed E-state index contributed by atoms with van der Waals surface area (Å²) in [6.45, 7) is 4.24. The highest BCUT2D eigenvalue weighted by Crippen LogP contribution is 2.32. The lowest BCUT2D eigenvalue weighted by Gasteiger charge is -2.30. The zero-order valence-electron chi connectivity index (χ0n) is 18.0. The number of hydrogen-bond donors (Lipinski definition) is 0. The molecule has 0 N–H and O–H groups in total. The van der Waals surface area contributed by atoms with Crippen molar-refractivity contribution in [2.75, 3.05) is 54.8 Å². The van der Waals surface area contributed by atoms with E-state index in [0.29, 0.717) is 5.95 Å². The number of anilines is 3. The molecule has 2 fully saturated rings. The van der Waals surface area contributed by atoms with Gasteiger partial charge in [0.2, 0.25) is 18.7 Å². The zero-order chi connectivity index (χ0) is 21.0. The van der Waals surface area contributed by atoms with Gasteiger partial charge in [0.25, 0.3) is 5.95 Å². The molecule has 0 unspecified atom stereocenters. The molecule has 164 valence electrons. The van der Waals surface area contributed by atoms with E-state index < -0.39 is 0 Å². The van der Waals surface area contributed by atoms with Gasteiger partial charge in [-0.1, -0.05) is 0 Å². The molecular formula is C22H29N7O2. The summed E-state index contributed by atoms with van der Waals surface area (Å²) >= 11 is 0. The van der Waals surface area contributed by atoms with E-state index in [1.54, 1.807) is 11.2 Å². The lowest BCUT2D eigenvalue weighted by atomic mass is 10.1. The Hall–Kier alpha value is -3.10. The molecule has 9 heteroatoms. The minimum atomic E-state index is 0.263. The molecule has 5 rings (SSSR count). The SMILES string of the molecule is CN(N=Cc1ccc2c(c1)OCO2)c1nc(N2CCCCC2)nc(N2CCCCC2)n1. The molecule has 0 spiro atoms. The predicted molar refractivity (Wildman–Crippen MR) is 121 cm³/mol. The molecule has 0 atom stereocenters. The van der Waals surface area contributed by atoms with Crippen molar-refractivity contribution in [2.45, 2.75) is 38.5 Å². The molecule has 1 aromatic carbocycles. The van der Waals surface area contributed by atoms with Crippen LogP contribution in [0.25, 0.3) is 0 Å². The Kier molecular flexibility index (Phi) is 5.73. The molecule has 0 radical (unpaired) electrons. The monoisotopic (exact) mass is 423 g/mol. The highest BCUT2D eigenvalue weighted by Gasteiger charge is 2.21. The van der Waals surface area contributed by atoms with Gasteiger partial charge in [-0.15, -0.1) is 0 Å². The van der Waals surface area contributed by atoms with Crippen LogP contribution in [0.15, 0.2) is 23.3 Å². The van der Waals surface area contributed by atoms with Crippen molar-refractivity contribution in [1.29, 1.82) is 0 Å². The Morgan fingerprint density at radius 1 is 0.839 bits per heavy atom. The number of hydrazone groups is 1. The van der Waals surface area contributed by atoms with Gasteiger partial charge in [-0.2, -0.15) is 20.1 Å². The quantitative estimate of drug-likeness (QED) is 0.536. The van der Waals surface area contributed by atoms with E-state index in [1.165, 1.54) is 38.5 Å². The van der Waals surface area contributed by atoms with Crippen LogP contribution < -0.4 is 24.3 Å². The Morgan fingerprint density at radius 2 is 1.45 bits per heavy atom. The highest BCUT2D eigenvalue weighted by molar-refractivity contribution is 5.81. The first kappa shape index (κ1) is 19.8. The van der Waals surface area contributed by atoms with E-state index in [0.717, 1.165) is 55.1 Å². The number of aromatic nitrogens is 3. The molecule has 0 amide bonds. The number of ether oxygens (including phenoxy) is 2. The normalized spacial score (nSPS) is 18.6. The zero-order valence-corrected chi connectivity index (χ0v) is 18.0. The van der Waals surface area contributed by atoms with E-state index in [9.17, 15) is 0 Å². The van der Waals surface area contributed by atoms with Gasteiger partial charge in [0.15, 0.2) is 11.5 Å². The highest BCUT2D eigenvalue weighted by atomic mass is 16.7. The van der Waals surface area contributed by atoms with Gasteiger partial charge >= 0.3 is 0 Å². The minimum Gasteiger partial charge on any atom is -0.454 e. The average Bonchev–Trinajstić information content (AvgIpc) is 3.31. The molecule has 3 aliphatic rings. The second kappa shape index (κ2) is 8.95. The van der Waals surface area contributed by atoms with E-state index in [1.807, 2.05) is 25.2 Å². The lowest BCUT2D eigenvalue weighted by Crippen LogP contribution is -2.35. The van der Waals surface area contributed by atoms with E-state index in [4.69, 9.17) is 24.4 Å². The van der Waals surface area contributed by atoms with Crippen molar-refractivity contribution < 1.29 is 9.47 Å². The number of benzene rings is 1. The Balaban J connectivity index is 1.40. The van der Waals surface area contributed by atoms with Crippen LogP contribution in [-0.2, 0) is 0 Å². The number of rotatable bonds is 5. The average molecular weight is 424 g/mol. The summed E-state index contributed by atoms with van der Waals surface area (Å²) in [6.07, 6.45) is 9.04. The summed E-state index contributed by atoms with van der Waals surface area (Å²) in [7, 11) is 1.87. The first-order chi connectivity index (χ1) is 15.3. The maximum atomic E-state index is 5.45. The summed E-state index contributed by atoms with van der Waals surface area (Å²) < 4.78 is 10.8. The van der Waals surface area contributed by atoms with Crippen LogP contribution in [0.1, 0.15) is 44.1 Å². The van der Waals surface area contributed by atoms with E-state index in [2.05, 4.69) is 14.9 Å². The number of piperidine rings is 2. The molecule has 31 heavy (non-hydrogen) atoms. The molecule has 9 nitrogen and oxygen atoms in total. The van der Waals surface area contributed by atoms with Gasteiger partial charge in [-0.3, -0.25) is 0 Å². The van der Waals surface area contributed by atoms with Crippen molar-refractivity contribution in [3.63, 3.8) is 0 Å². The lowest BCUT2D eigenvalue weighted by molar-refractivity contribution is 0.174. The second-order valence-electron chi connectivity index (χ2n) is 8.21. The number of fused-ring (bicyclic) bond motifs is 1. The third-order valence-corrected chi connectivity index (χ3v) is 5.94. The Morgan fingerprint density at radius 3 is 2.10 bits per heavy atom. The maximum Gasteiger partial charge on any atom is 0.252 e. The standard InChI is InChI=1S/C22H29N7O2/c1-27(23-15-17-8-9-18-19(14-17)31-16-30-18)20-24-21(28-10-4-2-5-11-28)26-22(25-20)29-12-6-3-7-13-29/h8-9,14-15H,2-7,10-13,16H2,1H3. The molecular weight excluding hydrogens is 394 g/mol. The molecule has 0 aliphatic carbocycles. The van der Waals surface area contributed by atoms with Gasteiger partial charge in [-0.25, -0.2) is 5.01 Å².